The summed E-state index contributed by atoms with van der Waals surface area (Å²) in [6.45, 7) is 5.73. The zero-order chi connectivity index (χ0) is 22.7. The van der Waals surface area contributed by atoms with Crippen molar-refractivity contribution in [3.05, 3.63) is 53.9 Å². The smallest absolute Gasteiger partial charge is 0.0273 e. The van der Waals surface area contributed by atoms with Crippen molar-refractivity contribution < 1.29 is 0 Å². The van der Waals surface area contributed by atoms with Crippen LogP contribution >= 0.6 is 0 Å². The first kappa shape index (κ1) is 26.5. The number of aromatic nitrogens is 1. The molecule has 1 heterocycles. The summed E-state index contributed by atoms with van der Waals surface area (Å²) in [6.07, 6.45) is 15.9. The molecule has 32 heavy (non-hydrogen) atoms. The largest absolute Gasteiger partial charge is 0.330 e. The second kappa shape index (κ2) is 17.7. The van der Waals surface area contributed by atoms with E-state index in [0.717, 1.165) is 58.5 Å². The monoisotopic (exact) mass is 439 g/mol. The third-order valence-corrected chi connectivity index (χ3v) is 5.83. The Morgan fingerprint density at radius 1 is 0.594 bits per heavy atom. The lowest BCUT2D eigenvalue weighted by atomic mass is 9.97. The highest BCUT2D eigenvalue weighted by Crippen LogP contribution is 2.23. The lowest BCUT2D eigenvalue weighted by Gasteiger charge is -2.12. The summed E-state index contributed by atoms with van der Waals surface area (Å²) in [6, 6.07) is 11.3. The number of nitrogens with two attached hydrogens (primary N) is 2. The Balaban J connectivity index is 1.81. The first-order chi connectivity index (χ1) is 15.8. The maximum absolute atomic E-state index is 5.57. The van der Waals surface area contributed by atoms with Gasteiger partial charge in [0, 0.05) is 18.9 Å². The molecule has 2 aromatic rings. The molecule has 178 valence electrons. The Morgan fingerprint density at radius 2 is 1.22 bits per heavy atom. The molecule has 1 aromatic carbocycles. The third-order valence-electron chi connectivity index (χ3n) is 5.83. The van der Waals surface area contributed by atoms with Crippen molar-refractivity contribution in [1.29, 1.82) is 0 Å². The highest BCUT2D eigenvalue weighted by Gasteiger charge is 2.05. The minimum atomic E-state index is 0.771. The molecule has 0 amide bonds. The molecule has 0 saturated heterocycles. The first-order valence-corrected chi connectivity index (χ1v) is 12.7. The predicted molar refractivity (Wildman–Crippen MR) is 138 cm³/mol. The number of hydrogen-bond acceptors (Lipinski definition) is 5. The van der Waals surface area contributed by atoms with E-state index in [-0.39, 0.29) is 0 Å². The SMILES string of the molecule is NCCCCCCCNCc1cc(CCCCCNCCCN)cc(-c2ccncc2)c1. The Hall–Kier alpha value is -1.79. The van der Waals surface area contributed by atoms with Gasteiger partial charge < -0.3 is 22.1 Å². The second-order valence-corrected chi connectivity index (χ2v) is 8.71. The number of rotatable bonds is 19. The van der Waals surface area contributed by atoms with Gasteiger partial charge in [0.15, 0.2) is 0 Å². The Bertz CT molecular complexity index is 666. The molecule has 0 unspecified atom stereocenters. The van der Waals surface area contributed by atoms with Gasteiger partial charge in [-0.25, -0.2) is 0 Å². The zero-order valence-electron chi connectivity index (χ0n) is 20.0. The van der Waals surface area contributed by atoms with Crippen LogP contribution in [-0.2, 0) is 13.0 Å². The molecule has 6 N–H and O–H groups in total. The molecule has 0 fully saturated rings. The van der Waals surface area contributed by atoms with E-state index in [1.807, 2.05) is 12.4 Å². The number of nitrogens with zero attached hydrogens (tertiary/aromatic N) is 1. The van der Waals surface area contributed by atoms with Crippen molar-refractivity contribution >= 4 is 0 Å². The molecule has 0 saturated carbocycles. The Morgan fingerprint density at radius 3 is 2.00 bits per heavy atom. The highest BCUT2D eigenvalue weighted by molar-refractivity contribution is 5.64. The van der Waals surface area contributed by atoms with Crippen molar-refractivity contribution in [3.63, 3.8) is 0 Å². The van der Waals surface area contributed by atoms with Crippen molar-refractivity contribution in [3.8, 4) is 11.1 Å². The molecule has 2 rings (SSSR count). The van der Waals surface area contributed by atoms with Crippen LogP contribution in [0.5, 0.6) is 0 Å². The molecule has 0 aliphatic carbocycles. The minimum absolute atomic E-state index is 0.771. The van der Waals surface area contributed by atoms with E-state index >= 15 is 0 Å². The van der Waals surface area contributed by atoms with Crippen LogP contribution in [0.2, 0.25) is 0 Å². The molecular formula is C27H45N5. The summed E-state index contributed by atoms with van der Waals surface area (Å²) < 4.78 is 0. The maximum atomic E-state index is 5.57. The Labute approximate surface area is 195 Å². The molecule has 1 aromatic heterocycles. The van der Waals surface area contributed by atoms with Crippen molar-refractivity contribution in [2.24, 2.45) is 11.5 Å². The summed E-state index contributed by atoms with van der Waals surface area (Å²) in [5, 5.41) is 7.12. The summed E-state index contributed by atoms with van der Waals surface area (Å²) >= 11 is 0. The van der Waals surface area contributed by atoms with Crippen LogP contribution in [0.3, 0.4) is 0 Å². The summed E-state index contributed by atoms with van der Waals surface area (Å²) in [5.41, 5.74) is 16.5. The van der Waals surface area contributed by atoms with Crippen LogP contribution in [0.25, 0.3) is 11.1 Å². The van der Waals surface area contributed by atoms with Gasteiger partial charge in [-0.05, 0) is 112 Å². The molecule has 0 atom stereocenters. The third kappa shape index (κ3) is 11.7. The molecule has 5 heteroatoms. The number of nitrogens with one attached hydrogen (secondary N) is 2. The normalized spacial score (nSPS) is 11.2. The van der Waals surface area contributed by atoms with Crippen molar-refractivity contribution in [1.82, 2.24) is 15.6 Å². The summed E-state index contributed by atoms with van der Waals surface area (Å²) in [4.78, 5) is 4.18. The fourth-order valence-corrected chi connectivity index (χ4v) is 3.99. The van der Waals surface area contributed by atoms with Crippen LogP contribution in [0.15, 0.2) is 42.7 Å². The zero-order valence-corrected chi connectivity index (χ0v) is 20.0. The lowest BCUT2D eigenvalue weighted by molar-refractivity contribution is 0.577. The van der Waals surface area contributed by atoms with Gasteiger partial charge in [-0.15, -0.1) is 0 Å². The number of aryl methyl sites for hydroxylation is 1. The van der Waals surface area contributed by atoms with Crippen molar-refractivity contribution in [2.75, 3.05) is 32.7 Å². The van der Waals surface area contributed by atoms with Crippen LogP contribution in [0, 0.1) is 0 Å². The average molecular weight is 440 g/mol. The fraction of sp³-hybridized carbons (Fsp3) is 0.593. The van der Waals surface area contributed by atoms with E-state index in [0.29, 0.717) is 0 Å². The summed E-state index contributed by atoms with van der Waals surface area (Å²) in [5.74, 6) is 0. The molecular weight excluding hydrogens is 394 g/mol. The molecule has 0 aliphatic heterocycles. The van der Waals surface area contributed by atoms with E-state index in [2.05, 4.69) is 45.9 Å². The summed E-state index contributed by atoms with van der Waals surface area (Å²) in [7, 11) is 0. The first-order valence-electron chi connectivity index (χ1n) is 12.7. The van der Waals surface area contributed by atoms with Gasteiger partial charge in [0.1, 0.15) is 0 Å². The fourth-order valence-electron chi connectivity index (χ4n) is 3.99. The molecule has 0 radical (unpaired) electrons. The quantitative estimate of drug-likeness (QED) is 0.244. The van der Waals surface area contributed by atoms with E-state index in [4.69, 9.17) is 11.5 Å². The lowest BCUT2D eigenvalue weighted by Crippen LogP contribution is -2.19. The Kier molecular flexibility index (Phi) is 14.7. The van der Waals surface area contributed by atoms with Crippen LogP contribution in [-0.4, -0.2) is 37.7 Å². The van der Waals surface area contributed by atoms with Gasteiger partial charge >= 0.3 is 0 Å². The molecule has 0 bridgehead atoms. The maximum Gasteiger partial charge on any atom is 0.0273 e. The van der Waals surface area contributed by atoms with Crippen molar-refractivity contribution in [2.45, 2.75) is 70.8 Å². The van der Waals surface area contributed by atoms with Gasteiger partial charge in [-0.1, -0.05) is 37.8 Å². The highest BCUT2D eigenvalue weighted by atomic mass is 14.8. The standard InChI is InChI=1S/C27H45N5/c28-13-6-2-1-3-7-16-32-23-25-20-24(10-5-4-8-15-30-17-9-14-29)21-27(22-25)26-11-18-31-19-12-26/h11-12,18-22,30,32H,1-10,13-17,23,28-29H2. The molecule has 0 spiro atoms. The van der Waals surface area contributed by atoms with Gasteiger partial charge in [0.25, 0.3) is 0 Å². The number of pyridine rings is 1. The molecule has 5 nitrogen and oxygen atoms in total. The van der Waals surface area contributed by atoms with E-state index in [9.17, 15) is 0 Å². The predicted octanol–water partition coefficient (Wildman–Crippen LogP) is 4.40. The number of benzene rings is 1. The van der Waals surface area contributed by atoms with Gasteiger partial charge in [-0.2, -0.15) is 0 Å². The van der Waals surface area contributed by atoms with Crippen LogP contribution in [0.1, 0.15) is 68.9 Å². The van der Waals surface area contributed by atoms with Gasteiger partial charge in [0.2, 0.25) is 0 Å². The second-order valence-electron chi connectivity index (χ2n) is 8.71. The minimum Gasteiger partial charge on any atom is -0.330 e. The van der Waals surface area contributed by atoms with E-state index in [1.165, 1.54) is 67.2 Å². The van der Waals surface area contributed by atoms with Gasteiger partial charge in [-0.3, -0.25) is 4.98 Å². The van der Waals surface area contributed by atoms with E-state index in [1.54, 1.807) is 0 Å². The average Bonchev–Trinajstić information content (AvgIpc) is 2.83. The topological polar surface area (TPSA) is 89.0 Å². The van der Waals surface area contributed by atoms with E-state index < -0.39 is 0 Å². The van der Waals surface area contributed by atoms with Crippen LogP contribution < -0.4 is 22.1 Å². The van der Waals surface area contributed by atoms with Crippen LogP contribution in [0.4, 0.5) is 0 Å². The number of hydrogen-bond donors (Lipinski definition) is 4. The molecule has 0 aliphatic rings. The van der Waals surface area contributed by atoms with Gasteiger partial charge in [0.05, 0.1) is 0 Å². The number of unbranched alkanes of at least 4 members (excludes halogenated alkanes) is 6.